The van der Waals surface area contributed by atoms with E-state index in [1.54, 1.807) is 6.92 Å². The molecule has 1 aliphatic rings. The molecule has 11 heteroatoms. The first-order valence-corrected chi connectivity index (χ1v) is 9.76. The minimum absolute atomic E-state index is 0.174. The van der Waals surface area contributed by atoms with Gasteiger partial charge in [0.15, 0.2) is 16.1 Å². The van der Waals surface area contributed by atoms with Crippen LogP contribution in [0.2, 0.25) is 5.15 Å². The molecule has 1 fully saturated rings. The molecule has 0 bridgehead atoms. The third-order valence-corrected chi connectivity index (χ3v) is 6.04. The van der Waals surface area contributed by atoms with Gasteiger partial charge in [0.05, 0.1) is 11.4 Å². The van der Waals surface area contributed by atoms with Gasteiger partial charge >= 0.3 is 5.97 Å². The largest absolute Gasteiger partial charge is 0.477 e. The van der Waals surface area contributed by atoms with Gasteiger partial charge in [-0.15, -0.1) is 0 Å². The van der Waals surface area contributed by atoms with Crippen LogP contribution in [0.4, 0.5) is 5.13 Å². The molecule has 0 unspecified atom stereocenters. The van der Waals surface area contributed by atoms with Crippen molar-refractivity contribution in [3.63, 3.8) is 0 Å². The molecular formula is C16H21ClN6O3S. The van der Waals surface area contributed by atoms with Crippen molar-refractivity contribution in [2.75, 3.05) is 18.0 Å². The van der Waals surface area contributed by atoms with Crippen molar-refractivity contribution in [2.45, 2.75) is 38.8 Å². The van der Waals surface area contributed by atoms with Gasteiger partial charge < -0.3 is 26.0 Å². The highest BCUT2D eigenvalue weighted by Crippen LogP contribution is 2.28. The van der Waals surface area contributed by atoms with E-state index >= 15 is 0 Å². The molecule has 1 saturated heterocycles. The summed E-state index contributed by atoms with van der Waals surface area (Å²) in [7, 11) is 0. The van der Waals surface area contributed by atoms with E-state index in [1.807, 2.05) is 11.8 Å². The molecule has 2 aromatic heterocycles. The van der Waals surface area contributed by atoms with E-state index in [1.165, 1.54) is 0 Å². The first kappa shape index (κ1) is 19.6. The van der Waals surface area contributed by atoms with Gasteiger partial charge in [-0.3, -0.25) is 4.79 Å². The molecular weight excluding hydrogens is 392 g/mol. The van der Waals surface area contributed by atoms with E-state index in [0.29, 0.717) is 47.6 Å². The summed E-state index contributed by atoms with van der Waals surface area (Å²) in [6.07, 6.45) is 1.27. The fourth-order valence-electron chi connectivity index (χ4n) is 3.02. The third kappa shape index (κ3) is 4.07. The van der Waals surface area contributed by atoms with Crippen LogP contribution >= 0.6 is 22.9 Å². The predicted octanol–water partition coefficient (Wildman–Crippen LogP) is 1.42. The Morgan fingerprint density at radius 2 is 2.22 bits per heavy atom. The number of halogens is 1. The number of nitrogens with two attached hydrogens (primary N) is 1. The Kier molecular flexibility index (Phi) is 5.68. The molecule has 2 aromatic rings. The molecule has 1 aliphatic heterocycles. The van der Waals surface area contributed by atoms with Gasteiger partial charge in [-0.2, -0.15) is 0 Å². The number of hydrogen-bond donors (Lipinski definition) is 4. The Morgan fingerprint density at radius 1 is 1.48 bits per heavy atom. The molecule has 0 aliphatic carbocycles. The zero-order valence-corrected chi connectivity index (χ0v) is 16.5. The number of imidazole rings is 1. The maximum atomic E-state index is 12.4. The van der Waals surface area contributed by atoms with Crippen molar-refractivity contribution in [1.82, 2.24) is 20.3 Å². The number of carboxylic acid groups (broad SMARTS) is 1. The number of thiazole rings is 1. The Morgan fingerprint density at radius 3 is 2.78 bits per heavy atom. The van der Waals surface area contributed by atoms with E-state index in [-0.39, 0.29) is 28.7 Å². The average molecular weight is 413 g/mol. The van der Waals surface area contributed by atoms with Crippen LogP contribution in [0.5, 0.6) is 0 Å². The molecule has 9 nitrogen and oxygen atoms in total. The molecule has 27 heavy (non-hydrogen) atoms. The molecule has 146 valence electrons. The van der Waals surface area contributed by atoms with E-state index in [2.05, 4.69) is 20.3 Å². The summed E-state index contributed by atoms with van der Waals surface area (Å²) in [5.74, 6) is -1.15. The molecule has 5 N–H and O–H groups in total. The fraction of sp³-hybridized carbons (Fsp3) is 0.500. The SMILES string of the molecule is CCc1[nH]c(C(=O)N[C@@H]2CCN(c3nc(C)c(C(=O)O)s3)C[C@@H]2N)nc1Cl. The molecule has 3 rings (SSSR count). The molecule has 0 aromatic carbocycles. The van der Waals surface area contributed by atoms with E-state index in [9.17, 15) is 14.7 Å². The van der Waals surface area contributed by atoms with Crippen LogP contribution < -0.4 is 16.0 Å². The number of carbonyl (C=O) groups excluding carboxylic acids is 1. The maximum absolute atomic E-state index is 12.4. The lowest BCUT2D eigenvalue weighted by Gasteiger charge is -2.36. The third-order valence-electron chi connectivity index (χ3n) is 4.52. The number of hydrogen-bond acceptors (Lipinski definition) is 7. The summed E-state index contributed by atoms with van der Waals surface area (Å²) in [6.45, 7) is 4.68. The second-order valence-corrected chi connectivity index (χ2v) is 7.74. The van der Waals surface area contributed by atoms with E-state index in [0.717, 1.165) is 11.3 Å². The number of amides is 1. The van der Waals surface area contributed by atoms with Gasteiger partial charge in [0.2, 0.25) is 0 Å². The maximum Gasteiger partial charge on any atom is 0.347 e. The predicted molar refractivity (Wildman–Crippen MR) is 103 cm³/mol. The molecule has 0 radical (unpaired) electrons. The number of H-pyrrole nitrogens is 1. The Labute approximate surface area is 164 Å². The zero-order chi connectivity index (χ0) is 19.7. The van der Waals surface area contributed by atoms with Crippen LogP contribution in [0.1, 0.15) is 45.0 Å². The highest BCUT2D eigenvalue weighted by molar-refractivity contribution is 7.17. The van der Waals surface area contributed by atoms with Gasteiger partial charge in [-0.1, -0.05) is 29.9 Å². The Hall–Kier alpha value is -2.17. The number of nitrogens with zero attached hydrogens (tertiary/aromatic N) is 3. The lowest BCUT2D eigenvalue weighted by atomic mass is 10.0. The number of carbonyl (C=O) groups is 2. The molecule has 1 amide bonds. The molecule has 2 atom stereocenters. The van der Waals surface area contributed by atoms with Crippen LogP contribution in [0, 0.1) is 6.92 Å². The van der Waals surface area contributed by atoms with E-state index in [4.69, 9.17) is 17.3 Å². The van der Waals surface area contributed by atoms with Crippen LogP contribution in [-0.4, -0.2) is 57.1 Å². The second kappa shape index (κ2) is 7.83. The minimum atomic E-state index is -0.980. The normalized spacial score (nSPS) is 19.9. The number of aromatic amines is 1. The molecule has 3 heterocycles. The topological polar surface area (TPSA) is 137 Å². The fourth-order valence-corrected chi connectivity index (χ4v) is 4.22. The van der Waals surface area contributed by atoms with Crippen LogP contribution in [0.3, 0.4) is 0 Å². The number of aryl methyl sites for hydroxylation is 2. The zero-order valence-electron chi connectivity index (χ0n) is 15.0. The second-order valence-electron chi connectivity index (χ2n) is 6.40. The van der Waals surface area contributed by atoms with Crippen molar-refractivity contribution >= 4 is 39.9 Å². The minimum Gasteiger partial charge on any atom is -0.477 e. The van der Waals surface area contributed by atoms with Gasteiger partial charge in [-0.25, -0.2) is 14.8 Å². The lowest BCUT2D eigenvalue weighted by molar-refractivity contribution is 0.0700. The van der Waals surface area contributed by atoms with Crippen LogP contribution in [0.15, 0.2) is 0 Å². The monoisotopic (exact) mass is 412 g/mol. The van der Waals surface area contributed by atoms with Gasteiger partial charge in [0.1, 0.15) is 4.88 Å². The van der Waals surface area contributed by atoms with Crippen LogP contribution in [0.25, 0.3) is 0 Å². The number of nitrogens with one attached hydrogen (secondary N) is 2. The Bertz CT molecular complexity index is 866. The van der Waals surface area contributed by atoms with Crippen molar-refractivity contribution < 1.29 is 14.7 Å². The molecule has 0 saturated carbocycles. The molecule has 0 spiro atoms. The summed E-state index contributed by atoms with van der Waals surface area (Å²) >= 11 is 7.12. The van der Waals surface area contributed by atoms with Gasteiger partial charge in [0, 0.05) is 25.2 Å². The first-order chi connectivity index (χ1) is 12.8. The summed E-state index contributed by atoms with van der Waals surface area (Å²) in [4.78, 5) is 37.1. The van der Waals surface area contributed by atoms with Crippen molar-refractivity contribution in [2.24, 2.45) is 5.73 Å². The summed E-state index contributed by atoms with van der Waals surface area (Å²) in [5, 5.41) is 13.0. The Balaban J connectivity index is 1.63. The number of rotatable bonds is 5. The highest BCUT2D eigenvalue weighted by atomic mass is 35.5. The number of aromatic carboxylic acids is 1. The summed E-state index contributed by atoms with van der Waals surface area (Å²) < 4.78 is 0. The summed E-state index contributed by atoms with van der Waals surface area (Å²) in [6, 6.07) is -0.543. The van der Waals surface area contributed by atoms with Crippen LogP contribution in [-0.2, 0) is 6.42 Å². The quantitative estimate of drug-likeness (QED) is 0.582. The highest BCUT2D eigenvalue weighted by Gasteiger charge is 2.31. The van der Waals surface area contributed by atoms with Gasteiger partial charge in [0.25, 0.3) is 5.91 Å². The standard InChI is InChI=1S/C16H21ClN6O3S/c1-3-9-12(17)22-13(20-9)14(24)21-10-4-5-23(6-8(10)18)16-19-7(2)11(27-16)15(25)26/h8,10H,3-6,18H2,1-2H3,(H,20,22)(H,21,24)(H,25,26)/t8-,10+/m0/s1. The van der Waals surface area contributed by atoms with Gasteiger partial charge in [-0.05, 0) is 19.8 Å². The first-order valence-electron chi connectivity index (χ1n) is 8.56. The smallest absolute Gasteiger partial charge is 0.347 e. The number of piperidine rings is 1. The number of anilines is 1. The van der Waals surface area contributed by atoms with E-state index < -0.39 is 5.97 Å². The summed E-state index contributed by atoms with van der Waals surface area (Å²) in [5.41, 5.74) is 7.46. The number of carboxylic acids is 1. The lowest BCUT2D eigenvalue weighted by Crippen LogP contribution is -2.58. The van der Waals surface area contributed by atoms with Crippen molar-refractivity contribution in [3.05, 3.63) is 27.2 Å². The van der Waals surface area contributed by atoms with Crippen molar-refractivity contribution in [3.8, 4) is 0 Å². The average Bonchev–Trinajstić information content (AvgIpc) is 3.19. The number of aromatic nitrogens is 3. The van der Waals surface area contributed by atoms with Crippen molar-refractivity contribution in [1.29, 1.82) is 0 Å².